The first kappa shape index (κ1) is 10.6. The van der Waals surface area contributed by atoms with Crippen LogP contribution in [0.4, 0.5) is 0 Å². The zero-order valence-corrected chi connectivity index (χ0v) is 9.48. The molecule has 3 heteroatoms. The van der Waals surface area contributed by atoms with Crippen LogP contribution in [0.3, 0.4) is 0 Å². The molecule has 0 aliphatic carbocycles. The maximum Gasteiger partial charge on any atom is 0.0570 e. The van der Waals surface area contributed by atoms with Crippen LogP contribution in [0.5, 0.6) is 0 Å². The van der Waals surface area contributed by atoms with E-state index in [1.165, 1.54) is 13.0 Å². The van der Waals surface area contributed by atoms with Crippen molar-refractivity contribution in [3.8, 4) is 0 Å². The number of hydrogen-bond acceptors (Lipinski definition) is 3. The molecule has 0 radical (unpaired) electrons. The quantitative estimate of drug-likeness (QED) is 0.809. The molecule has 1 aromatic heterocycles. The Bertz CT molecular complexity index is 299. The predicted molar refractivity (Wildman–Crippen MR) is 61.7 cm³/mol. The van der Waals surface area contributed by atoms with Crippen molar-refractivity contribution in [2.24, 2.45) is 0 Å². The fourth-order valence-electron chi connectivity index (χ4n) is 2.14. The number of likely N-dealkylation sites (N-methyl/N-ethyl adjacent to an activating group) is 1. The van der Waals surface area contributed by atoms with Crippen LogP contribution < -0.4 is 5.32 Å². The Labute approximate surface area is 91.5 Å². The molecule has 1 aliphatic rings. The maximum atomic E-state index is 4.36. The summed E-state index contributed by atoms with van der Waals surface area (Å²) in [7, 11) is 2.17. The van der Waals surface area contributed by atoms with Gasteiger partial charge >= 0.3 is 0 Å². The fourth-order valence-corrected chi connectivity index (χ4v) is 2.14. The van der Waals surface area contributed by atoms with Gasteiger partial charge in [0.1, 0.15) is 0 Å². The zero-order chi connectivity index (χ0) is 10.7. The van der Waals surface area contributed by atoms with E-state index in [9.17, 15) is 0 Å². The Balaban J connectivity index is 1.90. The first-order valence-electron chi connectivity index (χ1n) is 5.61. The lowest BCUT2D eigenvalue weighted by atomic mass is 10.1. The summed E-state index contributed by atoms with van der Waals surface area (Å²) < 4.78 is 0. The molecule has 1 aromatic rings. The van der Waals surface area contributed by atoms with Gasteiger partial charge in [0.2, 0.25) is 0 Å². The number of aromatic nitrogens is 1. The standard InChI is InChI=1S/C12H19N3/c1-10(12-5-3-4-7-13-12)14-11-6-8-15(2)9-11/h3-5,7,10-11,14H,6,8-9H2,1-2H3. The van der Waals surface area contributed by atoms with Gasteiger partial charge in [-0.1, -0.05) is 6.07 Å². The topological polar surface area (TPSA) is 28.2 Å². The molecule has 2 unspecified atom stereocenters. The first-order chi connectivity index (χ1) is 7.25. The van der Waals surface area contributed by atoms with E-state index in [1.807, 2.05) is 18.3 Å². The van der Waals surface area contributed by atoms with Gasteiger partial charge in [-0.2, -0.15) is 0 Å². The van der Waals surface area contributed by atoms with E-state index >= 15 is 0 Å². The number of pyridine rings is 1. The molecule has 1 fully saturated rings. The van der Waals surface area contributed by atoms with Crippen molar-refractivity contribution in [1.82, 2.24) is 15.2 Å². The second-order valence-electron chi connectivity index (χ2n) is 4.39. The van der Waals surface area contributed by atoms with Crippen LogP contribution in [0.25, 0.3) is 0 Å². The average molecular weight is 205 g/mol. The summed E-state index contributed by atoms with van der Waals surface area (Å²) in [4.78, 5) is 6.73. The monoisotopic (exact) mass is 205 g/mol. The van der Waals surface area contributed by atoms with E-state index in [0.717, 1.165) is 12.2 Å². The van der Waals surface area contributed by atoms with E-state index in [1.54, 1.807) is 0 Å². The molecule has 1 aliphatic heterocycles. The minimum Gasteiger partial charge on any atom is -0.305 e. The van der Waals surface area contributed by atoms with Crippen molar-refractivity contribution in [3.05, 3.63) is 30.1 Å². The van der Waals surface area contributed by atoms with E-state index in [4.69, 9.17) is 0 Å². The Morgan fingerprint density at radius 2 is 2.40 bits per heavy atom. The van der Waals surface area contributed by atoms with Crippen LogP contribution in [0, 0.1) is 0 Å². The van der Waals surface area contributed by atoms with Gasteiger partial charge in [0.25, 0.3) is 0 Å². The summed E-state index contributed by atoms with van der Waals surface area (Å²) in [5, 5.41) is 3.62. The minimum absolute atomic E-state index is 0.350. The van der Waals surface area contributed by atoms with E-state index < -0.39 is 0 Å². The first-order valence-corrected chi connectivity index (χ1v) is 5.61. The van der Waals surface area contributed by atoms with Crippen LogP contribution in [0.15, 0.2) is 24.4 Å². The molecule has 2 atom stereocenters. The van der Waals surface area contributed by atoms with Crippen molar-refractivity contribution < 1.29 is 0 Å². The Morgan fingerprint density at radius 1 is 1.53 bits per heavy atom. The minimum atomic E-state index is 0.350. The molecular weight excluding hydrogens is 186 g/mol. The number of nitrogens with one attached hydrogen (secondary N) is 1. The largest absolute Gasteiger partial charge is 0.305 e. The highest BCUT2D eigenvalue weighted by Crippen LogP contribution is 2.13. The SMILES string of the molecule is CC(NC1CCN(C)C1)c1ccccn1. The van der Waals surface area contributed by atoms with Gasteiger partial charge in [-0.25, -0.2) is 0 Å². The van der Waals surface area contributed by atoms with Gasteiger partial charge in [0, 0.05) is 24.8 Å². The van der Waals surface area contributed by atoms with Gasteiger partial charge in [-0.15, -0.1) is 0 Å². The van der Waals surface area contributed by atoms with Crippen LogP contribution in [-0.2, 0) is 0 Å². The third-order valence-corrected chi connectivity index (χ3v) is 3.01. The smallest absolute Gasteiger partial charge is 0.0570 e. The molecule has 1 saturated heterocycles. The summed E-state index contributed by atoms with van der Waals surface area (Å²) in [6, 6.07) is 7.05. The third-order valence-electron chi connectivity index (χ3n) is 3.01. The zero-order valence-electron chi connectivity index (χ0n) is 9.48. The second-order valence-corrected chi connectivity index (χ2v) is 4.39. The van der Waals surface area contributed by atoms with Gasteiger partial charge in [-0.3, -0.25) is 4.98 Å². The highest BCUT2D eigenvalue weighted by atomic mass is 15.2. The molecule has 0 amide bonds. The molecule has 2 rings (SSSR count). The lowest BCUT2D eigenvalue weighted by molar-refractivity contribution is 0.386. The summed E-state index contributed by atoms with van der Waals surface area (Å²) in [5.41, 5.74) is 1.13. The van der Waals surface area contributed by atoms with Crippen LogP contribution in [0.1, 0.15) is 25.1 Å². The highest BCUT2D eigenvalue weighted by molar-refractivity contribution is 5.08. The lowest BCUT2D eigenvalue weighted by Gasteiger charge is -2.18. The summed E-state index contributed by atoms with van der Waals surface area (Å²) in [5.74, 6) is 0. The molecular formula is C12H19N3. The van der Waals surface area contributed by atoms with E-state index in [-0.39, 0.29) is 0 Å². The Morgan fingerprint density at radius 3 is 3.00 bits per heavy atom. The summed E-state index contributed by atoms with van der Waals surface area (Å²) >= 11 is 0. The number of rotatable bonds is 3. The molecule has 0 saturated carbocycles. The molecule has 3 nitrogen and oxygen atoms in total. The van der Waals surface area contributed by atoms with Crippen LogP contribution in [-0.4, -0.2) is 36.1 Å². The van der Waals surface area contributed by atoms with Crippen molar-refractivity contribution in [3.63, 3.8) is 0 Å². The van der Waals surface area contributed by atoms with Gasteiger partial charge in [-0.05, 0) is 39.1 Å². The molecule has 2 heterocycles. The molecule has 0 aromatic carbocycles. The van der Waals surface area contributed by atoms with E-state index in [2.05, 4.69) is 35.2 Å². The fraction of sp³-hybridized carbons (Fsp3) is 0.583. The Kier molecular flexibility index (Phi) is 3.34. The molecule has 82 valence electrons. The van der Waals surface area contributed by atoms with Gasteiger partial charge in [0.05, 0.1) is 5.69 Å². The molecule has 15 heavy (non-hydrogen) atoms. The Hall–Kier alpha value is -0.930. The second kappa shape index (κ2) is 4.73. The molecule has 0 bridgehead atoms. The summed E-state index contributed by atoms with van der Waals surface area (Å²) in [6.45, 7) is 4.53. The molecule has 0 spiro atoms. The lowest BCUT2D eigenvalue weighted by Crippen LogP contribution is -2.33. The van der Waals surface area contributed by atoms with Gasteiger partial charge in [0.15, 0.2) is 0 Å². The number of hydrogen-bond donors (Lipinski definition) is 1. The highest BCUT2D eigenvalue weighted by Gasteiger charge is 2.21. The van der Waals surface area contributed by atoms with Crippen molar-refractivity contribution in [2.45, 2.75) is 25.4 Å². The maximum absolute atomic E-state index is 4.36. The third kappa shape index (κ3) is 2.76. The summed E-state index contributed by atoms with van der Waals surface area (Å²) in [6.07, 6.45) is 3.10. The number of likely N-dealkylation sites (tertiary alicyclic amines) is 1. The van der Waals surface area contributed by atoms with Crippen LogP contribution >= 0.6 is 0 Å². The van der Waals surface area contributed by atoms with E-state index in [0.29, 0.717) is 12.1 Å². The normalized spacial score (nSPS) is 24.3. The average Bonchev–Trinajstić information content (AvgIpc) is 2.65. The predicted octanol–water partition coefficient (Wildman–Crippen LogP) is 1.44. The van der Waals surface area contributed by atoms with Crippen molar-refractivity contribution in [2.75, 3.05) is 20.1 Å². The van der Waals surface area contributed by atoms with Crippen molar-refractivity contribution >= 4 is 0 Å². The van der Waals surface area contributed by atoms with Gasteiger partial charge < -0.3 is 10.2 Å². The van der Waals surface area contributed by atoms with Crippen LogP contribution in [0.2, 0.25) is 0 Å². The molecule has 1 N–H and O–H groups in total. The number of nitrogens with zero attached hydrogens (tertiary/aromatic N) is 2. The van der Waals surface area contributed by atoms with Crippen molar-refractivity contribution in [1.29, 1.82) is 0 Å².